The molecule has 1 aliphatic rings. The highest BCUT2D eigenvalue weighted by atomic mass is 19.1. The number of carbonyl (C=O) groups is 2. The van der Waals surface area contributed by atoms with Crippen molar-refractivity contribution in [1.82, 2.24) is 10.2 Å². The Morgan fingerprint density at radius 1 is 1.14 bits per heavy atom. The van der Waals surface area contributed by atoms with Crippen molar-refractivity contribution in [1.29, 1.82) is 0 Å². The van der Waals surface area contributed by atoms with Crippen LogP contribution in [0.25, 0.3) is 0 Å². The Kier molecular flexibility index (Phi) is 5.14. The van der Waals surface area contributed by atoms with Crippen LogP contribution in [0.2, 0.25) is 0 Å². The highest BCUT2D eigenvalue weighted by molar-refractivity contribution is 5.97. The lowest BCUT2D eigenvalue weighted by molar-refractivity contribution is 0.0959. The zero-order chi connectivity index (χ0) is 15.2. The van der Waals surface area contributed by atoms with E-state index in [1.165, 1.54) is 25.2 Å². The van der Waals surface area contributed by atoms with E-state index in [9.17, 15) is 14.0 Å². The average molecular weight is 293 g/mol. The molecule has 0 spiro atoms. The van der Waals surface area contributed by atoms with Crippen LogP contribution in [0.15, 0.2) is 18.2 Å². The zero-order valence-corrected chi connectivity index (χ0v) is 12.1. The van der Waals surface area contributed by atoms with Crippen molar-refractivity contribution in [2.24, 2.45) is 0 Å². The summed E-state index contributed by atoms with van der Waals surface area (Å²) in [4.78, 5) is 25.5. The number of rotatable bonds is 2. The highest BCUT2D eigenvalue weighted by Gasteiger charge is 2.17. The molecule has 6 heteroatoms. The van der Waals surface area contributed by atoms with Crippen LogP contribution in [-0.2, 0) is 0 Å². The van der Waals surface area contributed by atoms with Crippen molar-refractivity contribution in [2.75, 3.05) is 25.5 Å². The Labute approximate surface area is 123 Å². The molecular weight excluding hydrogens is 273 g/mol. The van der Waals surface area contributed by atoms with E-state index in [4.69, 9.17) is 0 Å². The SMILES string of the molecule is CNC(=O)c1cc(NC(=O)N2CCCCCC2)ccc1F. The quantitative estimate of drug-likeness (QED) is 0.880. The number of nitrogens with one attached hydrogen (secondary N) is 2. The van der Waals surface area contributed by atoms with Crippen LogP contribution in [0, 0.1) is 5.82 Å². The average Bonchev–Trinajstić information content (AvgIpc) is 2.77. The minimum absolute atomic E-state index is 0.0776. The summed E-state index contributed by atoms with van der Waals surface area (Å²) in [5.41, 5.74) is 0.343. The third kappa shape index (κ3) is 3.93. The molecule has 0 unspecified atom stereocenters. The maximum Gasteiger partial charge on any atom is 0.321 e. The number of nitrogens with zero attached hydrogens (tertiary/aromatic N) is 1. The molecule has 2 N–H and O–H groups in total. The van der Waals surface area contributed by atoms with Crippen LogP contribution >= 0.6 is 0 Å². The second-order valence-corrected chi connectivity index (χ2v) is 5.11. The predicted octanol–water partition coefficient (Wildman–Crippen LogP) is 2.59. The normalized spacial score (nSPS) is 15.2. The van der Waals surface area contributed by atoms with Gasteiger partial charge in [0.2, 0.25) is 0 Å². The van der Waals surface area contributed by atoms with E-state index >= 15 is 0 Å². The van der Waals surface area contributed by atoms with Gasteiger partial charge in [0.1, 0.15) is 5.82 Å². The molecule has 0 radical (unpaired) electrons. The van der Waals surface area contributed by atoms with Gasteiger partial charge in [-0.1, -0.05) is 12.8 Å². The Morgan fingerprint density at radius 3 is 2.43 bits per heavy atom. The van der Waals surface area contributed by atoms with E-state index < -0.39 is 11.7 Å². The van der Waals surface area contributed by atoms with Gasteiger partial charge in [-0.2, -0.15) is 0 Å². The molecule has 1 fully saturated rings. The largest absolute Gasteiger partial charge is 0.355 e. The summed E-state index contributed by atoms with van der Waals surface area (Å²) in [6, 6.07) is 3.79. The van der Waals surface area contributed by atoms with E-state index in [0.29, 0.717) is 5.69 Å². The molecular formula is C15H20FN3O2. The van der Waals surface area contributed by atoms with Crippen molar-refractivity contribution in [3.63, 3.8) is 0 Å². The molecule has 0 bridgehead atoms. The van der Waals surface area contributed by atoms with Gasteiger partial charge in [0.05, 0.1) is 5.56 Å². The van der Waals surface area contributed by atoms with Crippen LogP contribution in [0.1, 0.15) is 36.0 Å². The highest BCUT2D eigenvalue weighted by Crippen LogP contribution is 2.16. The minimum atomic E-state index is -0.609. The first-order chi connectivity index (χ1) is 10.1. The van der Waals surface area contributed by atoms with E-state index in [1.54, 1.807) is 4.90 Å². The number of amides is 3. The molecule has 1 saturated heterocycles. The van der Waals surface area contributed by atoms with E-state index in [-0.39, 0.29) is 11.6 Å². The number of hydrogen-bond donors (Lipinski definition) is 2. The molecule has 1 aliphatic heterocycles. The van der Waals surface area contributed by atoms with Gasteiger partial charge in [-0.15, -0.1) is 0 Å². The number of hydrogen-bond acceptors (Lipinski definition) is 2. The summed E-state index contributed by atoms with van der Waals surface area (Å²) in [7, 11) is 1.43. The number of urea groups is 1. The van der Waals surface area contributed by atoms with Crippen molar-refractivity contribution in [3.05, 3.63) is 29.6 Å². The lowest BCUT2D eigenvalue weighted by atomic mass is 10.1. The molecule has 114 valence electrons. The Hall–Kier alpha value is -2.11. The first kappa shape index (κ1) is 15.3. The Balaban J connectivity index is 2.08. The first-order valence-electron chi connectivity index (χ1n) is 7.19. The second kappa shape index (κ2) is 7.06. The topological polar surface area (TPSA) is 61.4 Å². The third-order valence-corrected chi connectivity index (χ3v) is 3.58. The Morgan fingerprint density at radius 2 is 1.81 bits per heavy atom. The predicted molar refractivity (Wildman–Crippen MR) is 78.8 cm³/mol. The van der Waals surface area contributed by atoms with Crippen LogP contribution < -0.4 is 10.6 Å². The van der Waals surface area contributed by atoms with Gasteiger partial charge in [0.15, 0.2) is 0 Å². The van der Waals surface area contributed by atoms with Gasteiger partial charge < -0.3 is 15.5 Å². The summed E-state index contributed by atoms with van der Waals surface area (Å²) in [5.74, 6) is -1.12. The maximum atomic E-state index is 13.6. The Bertz CT molecular complexity index is 526. The lowest BCUT2D eigenvalue weighted by Crippen LogP contribution is -2.35. The number of benzene rings is 1. The zero-order valence-electron chi connectivity index (χ0n) is 12.1. The monoisotopic (exact) mass is 293 g/mol. The van der Waals surface area contributed by atoms with Crippen LogP contribution in [0.4, 0.5) is 14.9 Å². The van der Waals surface area contributed by atoms with Gasteiger partial charge in [0, 0.05) is 25.8 Å². The standard InChI is InChI=1S/C15H20FN3O2/c1-17-14(20)12-10-11(6-7-13(12)16)18-15(21)19-8-4-2-3-5-9-19/h6-7,10H,2-5,8-9H2,1H3,(H,17,20)(H,18,21). The first-order valence-corrected chi connectivity index (χ1v) is 7.19. The van der Waals surface area contributed by atoms with Crippen molar-refractivity contribution in [3.8, 4) is 0 Å². The molecule has 1 aromatic rings. The molecule has 3 amide bonds. The minimum Gasteiger partial charge on any atom is -0.355 e. The number of likely N-dealkylation sites (tertiary alicyclic amines) is 1. The van der Waals surface area contributed by atoms with Gasteiger partial charge >= 0.3 is 6.03 Å². The van der Waals surface area contributed by atoms with E-state index in [1.807, 2.05) is 0 Å². The number of carbonyl (C=O) groups excluding carboxylic acids is 2. The van der Waals surface area contributed by atoms with Gasteiger partial charge in [-0.3, -0.25) is 4.79 Å². The van der Waals surface area contributed by atoms with Crippen LogP contribution in [0.5, 0.6) is 0 Å². The molecule has 1 aromatic carbocycles. The fraction of sp³-hybridized carbons (Fsp3) is 0.467. The van der Waals surface area contributed by atoms with Gasteiger partial charge in [-0.05, 0) is 31.0 Å². The molecule has 1 heterocycles. The van der Waals surface area contributed by atoms with Crippen molar-refractivity contribution >= 4 is 17.6 Å². The van der Waals surface area contributed by atoms with Crippen LogP contribution in [0.3, 0.4) is 0 Å². The van der Waals surface area contributed by atoms with Gasteiger partial charge in [-0.25, -0.2) is 9.18 Å². The van der Waals surface area contributed by atoms with Crippen molar-refractivity contribution in [2.45, 2.75) is 25.7 Å². The summed E-state index contributed by atoms with van der Waals surface area (Å²) >= 11 is 0. The summed E-state index contributed by atoms with van der Waals surface area (Å²) in [6.45, 7) is 1.46. The fourth-order valence-electron chi connectivity index (χ4n) is 2.39. The molecule has 2 rings (SSSR count). The summed E-state index contributed by atoms with van der Waals surface area (Å²) < 4.78 is 13.6. The van der Waals surface area contributed by atoms with Crippen molar-refractivity contribution < 1.29 is 14.0 Å². The molecule has 5 nitrogen and oxygen atoms in total. The second-order valence-electron chi connectivity index (χ2n) is 5.11. The molecule has 21 heavy (non-hydrogen) atoms. The summed E-state index contributed by atoms with van der Waals surface area (Å²) in [5, 5.41) is 5.10. The number of anilines is 1. The van der Waals surface area contributed by atoms with Gasteiger partial charge in [0.25, 0.3) is 5.91 Å². The number of halogens is 1. The maximum absolute atomic E-state index is 13.6. The molecule has 0 aliphatic carbocycles. The molecule has 0 aromatic heterocycles. The van der Waals surface area contributed by atoms with E-state index in [0.717, 1.165) is 38.8 Å². The molecule has 0 saturated carbocycles. The smallest absolute Gasteiger partial charge is 0.321 e. The fourth-order valence-corrected chi connectivity index (χ4v) is 2.39. The summed E-state index contributed by atoms with van der Waals surface area (Å²) in [6.07, 6.45) is 4.28. The lowest BCUT2D eigenvalue weighted by Gasteiger charge is -2.21. The third-order valence-electron chi connectivity index (χ3n) is 3.58. The van der Waals surface area contributed by atoms with Crippen LogP contribution in [-0.4, -0.2) is 37.0 Å². The van der Waals surface area contributed by atoms with E-state index in [2.05, 4.69) is 10.6 Å². The molecule has 0 atom stereocenters.